The lowest BCUT2D eigenvalue weighted by Gasteiger charge is -2.40. The highest BCUT2D eigenvalue weighted by atomic mass is 16.4. The van der Waals surface area contributed by atoms with E-state index in [1.165, 1.54) is 62.4 Å². The van der Waals surface area contributed by atoms with Crippen molar-refractivity contribution < 1.29 is 9.90 Å². The van der Waals surface area contributed by atoms with Gasteiger partial charge >= 0.3 is 5.97 Å². The summed E-state index contributed by atoms with van der Waals surface area (Å²) in [5.74, 6) is 0.534. The van der Waals surface area contributed by atoms with E-state index in [0.29, 0.717) is 11.3 Å². The number of nitrogens with zero attached hydrogens (tertiary/aromatic N) is 2. The second-order valence-corrected chi connectivity index (χ2v) is 10.6. The highest BCUT2D eigenvalue weighted by molar-refractivity contribution is 5.85. The van der Waals surface area contributed by atoms with Crippen molar-refractivity contribution in [1.29, 1.82) is 0 Å². The predicted molar refractivity (Wildman–Crippen MR) is 131 cm³/mol. The Morgan fingerprint density at radius 1 is 1.10 bits per heavy atom. The third-order valence-corrected chi connectivity index (χ3v) is 7.41. The molecule has 1 aromatic carbocycles. The molecule has 1 saturated carbocycles. The molecule has 2 aliphatic rings. The zero-order valence-corrected chi connectivity index (χ0v) is 20.1. The number of aliphatic carboxylic acids is 1. The fourth-order valence-corrected chi connectivity index (χ4v) is 5.32. The van der Waals surface area contributed by atoms with Crippen LogP contribution in [0.5, 0.6) is 0 Å². The summed E-state index contributed by atoms with van der Waals surface area (Å²) in [6.45, 7) is 14.9. The van der Waals surface area contributed by atoms with Crippen LogP contribution in [-0.2, 0) is 4.79 Å². The summed E-state index contributed by atoms with van der Waals surface area (Å²) in [4.78, 5) is 16.1. The van der Waals surface area contributed by atoms with Gasteiger partial charge in [0.15, 0.2) is 0 Å². The van der Waals surface area contributed by atoms with Crippen LogP contribution in [0.1, 0.15) is 83.3 Å². The summed E-state index contributed by atoms with van der Waals surface area (Å²) in [6.07, 6.45) is 10.6. The van der Waals surface area contributed by atoms with Crippen molar-refractivity contribution >= 4 is 17.7 Å². The highest BCUT2D eigenvalue weighted by Gasteiger charge is 2.32. The Balaban J connectivity index is 1.78. The van der Waals surface area contributed by atoms with Crippen LogP contribution in [0.2, 0.25) is 0 Å². The molecule has 1 N–H and O–H groups in total. The molecular weight excluding hydrogens is 384 g/mol. The Labute approximate surface area is 189 Å². The number of piperazine rings is 1. The Hall–Kier alpha value is -1.81. The summed E-state index contributed by atoms with van der Waals surface area (Å²) in [5.41, 5.74) is 4.19. The van der Waals surface area contributed by atoms with Gasteiger partial charge in [-0.2, -0.15) is 0 Å². The average Bonchev–Trinajstić information content (AvgIpc) is 2.76. The Morgan fingerprint density at radius 3 is 2.35 bits per heavy atom. The molecule has 3 rings (SSSR count). The molecule has 0 unspecified atom stereocenters. The molecule has 0 radical (unpaired) electrons. The zero-order valence-electron chi connectivity index (χ0n) is 20.1. The summed E-state index contributed by atoms with van der Waals surface area (Å²) >= 11 is 0. The SMILES string of the molecule is CCCCN1CCN(c2cc(/C=C/C(=O)O)ccc2C2CCC(C(C)(C)C)CC2)CC1. The molecule has 0 aromatic heterocycles. The molecule has 0 bridgehead atoms. The first kappa shape index (κ1) is 23.8. The molecule has 0 amide bonds. The van der Waals surface area contributed by atoms with Crippen LogP contribution in [0, 0.1) is 11.3 Å². The number of carbonyl (C=O) groups is 1. The summed E-state index contributed by atoms with van der Waals surface area (Å²) in [7, 11) is 0. The van der Waals surface area contributed by atoms with Crippen LogP contribution in [0.4, 0.5) is 5.69 Å². The second-order valence-electron chi connectivity index (χ2n) is 10.6. The highest BCUT2D eigenvalue weighted by Crippen LogP contribution is 2.45. The van der Waals surface area contributed by atoms with E-state index in [0.717, 1.165) is 37.7 Å². The lowest BCUT2D eigenvalue weighted by Crippen LogP contribution is -2.47. The van der Waals surface area contributed by atoms with E-state index in [4.69, 9.17) is 5.11 Å². The minimum atomic E-state index is -0.893. The predicted octanol–water partition coefficient (Wildman–Crippen LogP) is 6.03. The van der Waals surface area contributed by atoms with E-state index in [1.54, 1.807) is 6.08 Å². The summed E-state index contributed by atoms with van der Waals surface area (Å²) in [6, 6.07) is 6.61. The van der Waals surface area contributed by atoms with Gasteiger partial charge in [0.25, 0.3) is 0 Å². The van der Waals surface area contributed by atoms with Crippen LogP contribution in [0.25, 0.3) is 6.08 Å². The van der Waals surface area contributed by atoms with E-state index in [-0.39, 0.29) is 0 Å². The molecule has 1 aliphatic carbocycles. The van der Waals surface area contributed by atoms with Crippen molar-refractivity contribution in [3.63, 3.8) is 0 Å². The van der Waals surface area contributed by atoms with Crippen LogP contribution in [0.15, 0.2) is 24.3 Å². The van der Waals surface area contributed by atoms with E-state index in [2.05, 4.69) is 55.7 Å². The first-order chi connectivity index (χ1) is 14.8. The Bertz CT molecular complexity index is 749. The number of anilines is 1. The molecule has 1 aliphatic heterocycles. The summed E-state index contributed by atoms with van der Waals surface area (Å²) in [5, 5.41) is 9.04. The van der Waals surface area contributed by atoms with Crippen molar-refractivity contribution in [2.24, 2.45) is 11.3 Å². The molecule has 2 fully saturated rings. The largest absolute Gasteiger partial charge is 0.478 e. The number of hydrogen-bond acceptors (Lipinski definition) is 3. The maximum absolute atomic E-state index is 11.0. The van der Waals surface area contributed by atoms with Crippen molar-refractivity contribution in [3.8, 4) is 0 Å². The monoisotopic (exact) mass is 426 g/mol. The molecule has 0 atom stereocenters. The maximum atomic E-state index is 11.0. The lowest BCUT2D eigenvalue weighted by atomic mass is 9.68. The smallest absolute Gasteiger partial charge is 0.328 e. The molecule has 1 heterocycles. The number of hydrogen-bond donors (Lipinski definition) is 1. The van der Waals surface area contributed by atoms with Crippen molar-refractivity contribution in [1.82, 2.24) is 4.90 Å². The topological polar surface area (TPSA) is 43.8 Å². The molecule has 1 saturated heterocycles. The van der Waals surface area contributed by atoms with Crippen LogP contribution in [0.3, 0.4) is 0 Å². The first-order valence-electron chi connectivity index (χ1n) is 12.3. The third kappa shape index (κ3) is 6.58. The Morgan fingerprint density at radius 2 is 1.77 bits per heavy atom. The minimum Gasteiger partial charge on any atom is -0.478 e. The third-order valence-electron chi connectivity index (χ3n) is 7.41. The second kappa shape index (κ2) is 10.7. The quantitative estimate of drug-likeness (QED) is 0.541. The van der Waals surface area contributed by atoms with E-state index < -0.39 is 5.97 Å². The van der Waals surface area contributed by atoms with Gasteiger partial charge in [0.2, 0.25) is 0 Å². The van der Waals surface area contributed by atoms with Gasteiger partial charge in [0.1, 0.15) is 0 Å². The van der Waals surface area contributed by atoms with Gasteiger partial charge in [-0.15, -0.1) is 0 Å². The van der Waals surface area contributed by atoms with Gasteiger partial charge < -0.3 is 10.0 Å². The average molecular weight is 427 g/mol. The molecule has 172 valence electrons. The van der Waals surface area contributed by atoms with Gasteiger partial charge in [0, 0.05) is 37.9 Å². The molecule has 31 heavy (non-hydrogen) atoms. The maximum Gasteiger partial charge on any atom is 0.328 e. The lowest BCUT2D eigenvalue weighted by molar-refractivity contribution is -0.131. The van der Waals surface area contributed by atoms with Crippen molar-refractivity contribution in [3.05, 3.63) is 35.4 Å². The molecule has 4 nitrogen and oxygen atoms in total. The number of benzene rings is 1. The van der Waals surface area contributed by atoms with Gasteiger partial charge in [0.05, 0.1) is 0 Å². The molecule has 4 heteroatoms. The molecule has 0 spiro atoms. The summed E-state index contributed by atoms with van der Waals surface area (Å²) < 4.78 is 0. The molecular formula is C27H42N2O2. The number of unbranched alkanes of at least 4 members (excludes halogenated alkanes) is 1. The van der Waals surface area contributed by atoms with E-state index in [1.807, 2.05) is 0 Å². The fraction of sp³-hybridized carbons (Fsp3) is 0.667. The standard InChI is InChI=1S/C27H42N2O2/c1-5-6-15-28-16-18-29(19-17-28)25-20-21(8-14-26(30)31)7-13-24(25)22-9-11-23(12-10-22)27(2,3)4/h7-8,13-14,20,22-23H,5-6,9-12,15-19H2,1-4H3,(H,30,31)/b14-8+. The fourth-order valence-electron chi connectivity index (χ4n) is 5.32. The number of carboxylic acids is 1. The van der Waals surface area contributed by atoms with Crippen LogP contribution >= 0.6 is 0 Å². The Kier molecular flexibility index (Phi) is 8.21. The molecule has 1 aromatic rings. The van der Waals surface area contributed by atoms with Gasteiger partial charge in [-0.1, -0.05) is 46.2 Å². The van der Waals surface area contributed by atoms with Crippen LogP contribution in [-0.4, -0.2) is 48.7 Å². The van der Waals surface area contributed by atoms with Gasteiger partial charge in [-0.3, -0.25) is 4.90 Å². The number of carboxylic acid groups (broad SMARTS) is 1. The normalized spacial score (nSPS) is 23.4. The van der Waals surface area contributed by atoms with Gasteiger partial charge in [-0.25, -0.2) is 4.79 Å². The van der Waals surface area contributed by atoms with E-state index in [9.17, 15) is 4.79 Å². The van der Waals surface area contributed by atoms with E-state index >= 15 is 0 Å². The zero-order chi connectivity index (χ0) is 22.4. The van der Waals surface area contributed by atoms with Crippen LogP contribution < -0.4 is 4.90 Å². The first-order valence-corrected chi connectivity index (χ1v) is 12.3. The number of rotatable bonds is 7. The van der Waals surface area contributed by atoms with Crippen molar-refractivity contribution in [2.45, 2.75) is 72.1 Å². The van der Waals surface area contributed by atoms with Crippen molar-refractivity contribution in [2.75, 3.05) is 37.6 Å². The van der Waals surface area contributed by atoms with Gasteiger partial charge in [-0.05, 0) is 79.2 Å². The minimum absolute atomic E-state index is 0.397.